The first kappa shape index (κ1) is 15.7. The van der Waals surface area contributed by atoms with E-state index in [1.54, 1.807) is 23.5 Å². The van der Waals surface area contributed by atoms with Crippen molar-refractivity contribution < 1.29 is 4.79 Å². The molecule has 0 unspecified atom stereocenters. The fraction of sp³-hybridized carbons (Fsp3) is 0.250. The number of carbonyl (C=O) groups is 1. The second-order valence-corrected chi connectivity index (χ2v) is 7.68. The molecule has 1 aromatic heterocycles. The molecule has 1 amide bonds. The van der Waals surface area contributed by atoms with Gasteiger partial charge in [-0.1, -0.05) is 47.0 Å². The van der Waals surface area contributed by atoms with Crippen LogP contribution in [0.2, 0.25) is 0 Å². The van der Waals surface area contributed by atoms with E-state index in [-0.39, 0.29) is 5.91 Å². The van der Waals surface area contributed by atoms with Gasteiger partial charge in [0.05, 0.1) is 11.4 Å². The number of hydrogen-bond donors (Lipinski definition) is 1. The molecule has 0 aliphatic rings. The highest BCUT2D eigenvalue weighted by Crippen LogP contribution is 2.28. The highest BCUT2D eigenvalue weighted by Gasteiger charge is 2.09. The van der Waals surface area contributed by atoms with Crippen molar-refractivity contribution >= 4 is 58.2 Å². The third-order valence-corrected chi connectivity index (χ3v) is 6.10. The Bertz CT molecular complexity index is 588. The molecule has 0 saturated heterocycles. The number of hydrogen-bond acceptors (Lipinski definition) is 7. The molecular weight excluding hydrogens is 330 g/mol. The van der Waals surface area contributed by atoms with E-state index in [0.29, 0.717) is 5.75 Å². The van der Waals surface area contributed by atoms with Gasteiger partial charge in [-0.05, 0) is 24.6 Å². The maximum absolute atomic E-state index is 11.9. The van der Waals surface area contributed by atoms with Crippen molar-refractivity contribution in [2.24, 2.45) is 0 Å². The summed E-state index contributed by atoms with van der Waals surface area (Å²) in [7, 11) is 0. The van der Waals surface area contributed by atoms with Crippen LogP contribution in [0.25, 0.3) is 0 Å². The zero-order chi connectivity index (χ0) is 14.4. The summed E-state index contributed by atoms with van der Waals surface area (Å²) in [6, 6.07) is 7.77. The van der Waals surface area contributed by atoms with E-state index < -0.39 is 0 Å². The van der Waals surface area contributed by atoms with Gasteiger partial charge in [0.15, 0.2) is 8.68 Å². The Morgan fingerprint density at radius 2 is 1.95 bits per heavy atom. The molecule has 2 aromatic rings. The van der Waals surface area contributed by atoms with E-state index in [1.165, 1.54) is 23.1 Å². The van der Waals surface area contributed by atoms with Crippen LogP contribution in [0.5, 0.6) is 0 Å². The molecule has 0 aliphatic carbocycles. The van der Waals surface area contributed by atoms with Gasteiger partial charge in [-0.15, -0.1) is 22.0 Å². The highest BCUT2D eigenvalue weighted by molar-refractivity contribution is 8.03. The van der Waals surface area contributed by atoms with Crippen LogP contribution in [0.4, 0.5) is 5.69 Å². The van der Waals surface area contributed by atoms with Crippen molar-refractivity contribution in [2.75, 3.05) is 23.6 Å². The zero-order valence-corrected chi connectivity index (χ0v) is 14.2. The van der Waals surface area contributed by atoms with Gasteiger partial charge < -0.3 is 5.32 Å². The molecule has 8 heteroatoms. The molecule has 4 nitrogen and oxygen atoms in total. The Labute approximate surface area is 134 Å². The second-order valence-electron chi connectivity index (χ2n) is 3.58. The average Bonchev–Trinajstić information content (AvgIpc) is 2.94. The number of para-hydroxylation sites is 1. The number of carbonyl (C=O) groups excluding carboxylic acids is 1. The van der Waals surface area contributed by atoms with Crippen molar-refractivity contribution in [3.8, 4) is 0 Å². The smallest absolute Gasteiger partial charge is 0.234 e. The third kappa shape index (κ3) is 4.41. The van der Waals surface area contributed by atoms with E-state index in [9.17, 15) is 4.79 Å². The summed E-state index contributed by atoms with van der Waals surface area (Å²) in [6.45, 7) is 0. The van der Waals surface area contributed by atoms with Gasteiger partial charge >= 0.3 is 0 Å². The van der Waals surface area contributed by atoms with Crippen LogP contribution >= 0.6 is 46.6 Å². The molecular formula is C12H13N3OS4. The van der Waals surface area contributed by atoms with E-state index in [2.05, 4.69) is 15.5 Å². The Kier molecular flexibility index (Phi) is 6.21. The molecule has 0 saturated carbocycles. The Balaban J connectivity index is 1.89. The quantitative estimate of drug-likeness (QED) is 0.807. The van der Waals surface area contributed by atoms with Gasteiger partial charge in [0.1, 0.15) is 0 Å². The fourth-order valence-corrected chi connectivity index (χ4v) is 4.19. The zero-order valence-electron chi connectivity index (χ0n) is 11.0. The summed E-state index contributed by atoms with van der Waals surface area (Å²) in [6.07, 6.45) is 3.95. The second kappa shape index (κ2) is 7.92. The number of benzene rings is 1. The molecule has 0 radical (unpaired) electrons. The van der Waals surface area contributed by atoms with Crippen LogP contribution in [-0.4, -0.2) is 34.4 Å². The summed E-state index contributed by atoms with van der Waals surface area (Å²) < 4.78 is 1.74. The molecule has 0 spiro atoms. The first-order valence-electron chi connectivity index (χ1n) is 5.66. The topological polar surface area (TPSA) is 54.9 Å². The lowest BCUT2D eigenvalue weighted by Gasteiger charge is -2.08. The maximum atomic E-state index is 11.9. The van der Waals surface area contributed by atoms with Crippen LogP contribution in [-0.2, 0) is 4.79 Å². The molecule has 0 fully saturated rings. The number of rotatable bonds is 6. The summed E-state index contributed by atoms with van der Waals surface area (Å²) in [4.78, 5) is 13.0. The van der Waals surface area contributed by atoms with E-state index in [4.69, 9.17) is 0 Å². The number of thioether (sulfide) groups is 3. The molecule has 1 aromatic carbocycles. The number of nitrogens with zero attached hydrogens (tertiary/aromatic N) is 2. The van der Waals surface area contributed by atoms with Crippen molar-refractivity contribution in [3.05, 3.63) is 24.3 Å². The Morgan fingerprint density at radius 1 is 1.20 bits per heavy atom. The van der Waals surface area contributed by atoms with E-state index in [0.717, 1.165) is 19.3 Å². The third-order valence-electron chi connectivity index (χ3n) is 2.27. The van der Waals surface area contributed by atoms with E-state index in [1.807, 2.05) is 36.8 Å². The number of aromatic nitrogens is 2. The molecule has 20 heavy (non-hydrogen) atoms. The molecule has 2 rings (SSSR count). The molecule has 0 atom stereocenters. The monoisotopic (exact) mass is 343 g/mol. The Morgan fingerprint density at radius 3 is 2.65 bits per heavy atom. The fourth-order valence-electron chi connectivity index (χ4n) is 1.40. The SMILES string of the molecule is CSc1nnc(SCC(=O)Nc2ccccc2SC)s1. The Hall–Kier alpha value is -0.700. The first-order chi connectivity index (χ1) is 9.72. The molecule has 0 aliphatic heterocycles. The number of nitrogens with one attached hydrogen (secondary N) is 1. The minimum Gasteiger partial charge on any atom is -0.324 e. The van der Waals surface area contributed by atoms with Gasteiger partial charge in [0, 0.05) is 4.90 Å². The molecule has 0 bridgehead atoms. The van der Waals surface area contributed by atoms with Crippen LogP contribution in [0, 0.1) is 0 Å². The lowest BCUT2D eigenvalue weighted by Crippen LogP contribution is -2.14. The summed E-state index contributed by atoms with van der Waals surface area (Å²) in [5.41, 5.74) is 0.854. The van der Waals surface area contributed by atoms with Gasteiger partial charge in [0.2, 0.25) is 5.91 Å². The summed E-state index contributed by atoms with van der Waals surface area (Å²) in [5, 5.41) is 10.9. The summed E-state index contributed by atoms with van der Waals surface area (Å²) >= 11 is 6.09. The first-order valence-corrected chi connectivity index (χ1v) is 9.91. The van der Waals surface area contributed by atoms with Crippen molar-refractivity contribution in [1.82, 2.24) is 10.2 Å². The summed E-state index contributed by atoms with van der Waals surface area (Å²) in [5.74, 6) is 0.309. The van der Waals surface area contributed by atoms with Gasteiger partial charge in [0.25, 0.3) is 0 Å². The normalized spacial score (nSPS) is 10.5. The molecule has 106 valence electrons. The molecule has 1 heterocycles. The van der Waals surface area contributed by atoms with Crippen molar-refractivity contribution in [3.63, 3.8) is 0 Å². The van der Waals surface area contributed by atoms with Gasteiger partial charge in [-0.25, -0.2) is 0 Å². The standard InChI is InChI=1S/C12H13N3OS4/c1-17-9-6-4-3-5-8(9)13-10(16)7-19-12-15-14-11(18-2)20-12/h3-6H,7H2,1-2H3,(H,13,16). The number of amides is 1. The highest BCUT2D eigenvalue weighted by atomic mass is 32.2. The van der Waals surface area contributed by atoms with Crippen molar-refractivity contribution in [1.29, 1.82) is 0 Å². The maximum Gasteiger partial charge on any atom is 0.234 e. The lowest BCUT2D eigenvalue weighted by molar-refractivity contribution is -0.113. The average molecular weight is 344 g/mol. The molecule has 1 N–H and O–H groups in total. The van der Waals surface area contributed by atoms with Crippen LogP contribution < -0.4 is 5.32 Å². The van der Waals surface area contributed by atoms with Crippen LogP contribution in [0.1, 0.15) is 0 Å². The van der Waals surface area contributed by atoms with Gasteiger partial charge in [-0.2, -0.15) is 0 Å². The minimum atomic E-state index is -0.0302. The largest absolute Gasteiger partial charge is 0.324 e. The van der Waals surface area contributed by atoms with Crippen LogP contribution in [0.3, 0.4) is 0 Å². The van der Waals surface area contributed by atoms with Crippen molar-refractivity contribution in [2.45, 2.75) is 13.6 Å². The van der Waals surface area contributed by atoms with E-state index >= 15 is 0 Å². The predicted octanol–water partition coefficient (Wildman–Crippen LogP) is 3.71. The number of anilines is 1. The van der Waals surface area contributed by atoms with Gasteiger partial charge in [-0.3, -0.25) is 4.79 Å². The lowest BCUT2D eigenvalue weighted by atomic mass is 10.3. The minimum absolute atomic E-state index is 0.0302. The predicted molar refractivity (Wildman–Crippen MR) is 89.3 cm³/mol. The van der Waals surface area contributed by atoms with Crippen LogP contribution in [0.15, 0.2) is 37.8 Å².